The second-order valence-corrected chi connectivity index (χ2v) is 8.30. The van der Waals surface area contributed by atoms with Gasteiger partial charge in [-0.2, -0.15) is 0 Å². The molecule has 3 heterocycles. The van der Waals surface area contributed by atoms with Crippen LogP contribution in [0.25, 0.3) is 0 Å². The second-order valence-electron chi connectivity index (χ2n) is 8.30. The molecule has 0 bridgehead atoms. The number of pyridine rings is 2. The van der Waals surface area contributed by atoms with Gasteiger partial charge in [0.05, 0.1) is 5.92 Å². The van der Waals surface area contributed by atoms with Crippen LogP contribution in [0.5, 0.6) is 0 Å². The fraction of sp³-hybridized carbons (Fsp3) is 0.304. The molecule has 0 spiro atoms. The lowest BCUT2D eigenvalue weighted by molar-refractivity contribution is -0.124. The van der Waals surface area contributed by atoms with Crippen molar-refractivity contribution in [1.29, 1.82) is 0 Å². The van der Waals surface area contributed by atoms with Gasteiger partial charge in [0.2, 0.25) is 0 Å². The zero-order valence-electron chi connectivity index (χ0n) is 16.8. The minimum absolute atomic E-state index is 0.137. The van der Waals surface area contributed by atoms with Gasteiger partial charge >= 0.3 is 0 Å². The summed E-state index contributed by atoms with van der Waals surface area (Å²) in [5, 5.41) is 6.22. The fourth-order valence-electron chi connectivity index (χ4n) is 4.32. The molecule has 0 saturated heterocycles. The lowest BCUT2D eigenvalue weighted by Gasteiger charge is -2.41. The number of anilines is 1. The highest BCUT2D eigenvalue weighted by Crippen LogP contribution is 2.46. The maximum atomic E-state index is 13.3. The SMILES string of the molecule is CC1=C(C(=O)Nc2ccccn2)C(c2ccncc2)C2C(=O)CC(C)(C)C=C2N1. The predicted octanol–water partition coefficient (Wildman–Crippen LogP) is 3.58. The van der Waals surface area contributed by atoms with Gasteiger partial charge in [-0.05, 0) is 42.2 Å². The number of hydrogen-bond donors (Lipinski definition) is 2. The Morgan fingerprint density at radius 2 is 1.90 bits per heavy atom. The molecular weight excluding hydrogens is 364 g/mol. The van der Waals surface area contributed by atoms with Gasteiger partial charge < -0.3 is 10.6 Å². The number of hydrogen-bond acceptors (Lipinski definition) is 5. The van der Waals surface area contributed by atoms with E-state index in [1.165, 1.54) is 0 Å². The van der Waals surface area contributed by atoms with Crippen molar-refractivity contribution in [1.82, 2.24) is 15.3 Å². The van der Waals surface area contributed by atoms with E-state index in [0.717, 1.165) is 17.0 Å². The van der Waals surface area contributed by atoms with E-state index in [-0.39, 0.29) is 23.0 Å². The van der Waals surface area contributed by atoms with Crippen LogP contribution in [0.15, 0.2) is 72.0 Å². The van der Waals surface area contributed by atoms with Gasteiger partial charge in [0.15, 0.2) is 0 Å². The van der Waals surface area contributed by atoms with Crippen LogP contribution in [0.3, 0.4) is 0 Å². The van der Waals surface area contributed by atoms with Crippen molar-refractivity contribution >= 4 is 17.5 Å². The molecule has 1 aliphatic heterocycles. The summed E-state index contributed by atoms with van der Waals surface area (Å²) in [6.07, 6.45) is 7.59. The van der Waals surface area contributed by atoms with Crippen LogP contribution in [-0.4, -0.2) is 21.7 Å². The van der Waals surface area contributed by atoms with E-state index in [0.29, 0.717) is 17.8 Å². The number of nitrogens with one attached hydrogen (secondary N) is 2. The summed E-state index contributed by atoms with van der Waals surface area (Å²) in [7, 11) is 0. The molecule has 1 aliphatic carbocycles. The first-order chi connectivity index (χ1) is 13.9. The monoisotopic (exact) mass is 388 g/mol. The van der Waals surface area contributed by atoms with E-state index in [9.17, 15) is 9.59 Å². The van der Waals surface area contributed by atoms with Gasteiger partial charge in [-0.15, -0.1) is 0 Å². The Balaban J connectivity index is 1.81. The number of Topliss-reactive ketones (excluding diaryl/α,β-unsaturated/α-hetero) is 1. The lowest BCUT2D eigenvalue weighted by Crippen LogP contribution is -2.44. The van der Waals surface area contributed by atoms with E-state index in [2.05, 4.69) is 40.5 Å². The molecule has 2 aromatic rings. The summed E-state index contributed by atoms with van der Waals surface area (Å²) in [5.74, 6) is -0.440. The van der Waals surface area contributed by atoms with Crippen LogP contribution in [0.4, 0.5) is 5.82 Å². The van der Waals surface area contributed by atoms with Gasteiger partial charge in [0, 0.05) is 47.9 Å². The number of aromatic nitrogens is 2. The molecule has 4 rings (SSSR count). The standard InChI is InChI=1S/C23H24N4O2/c1-14-19(22(29)27-18-6-4-5-9-25-18)20(15-7-10-24-11-8-15)21-16(26-14)12-23(2,3)13-17(21)28/h4-12,20-21,26H,13H2,1-3H3,(H,25,27,29). The van der Waals surface area contributed by atoms with E-state index in [1.807, 2.05) is 25.1 Å². The first-order valence-electron chi connectivity index (χ1n) is 9.71. The van der Waals surface area contributed by atoms with Crippen molar-refractivity contribution < 1.29 is 9.59 Å². The largest absolute Gasteiger partial charge is 0.362 e. The van der Waals surface area contributed by atoms with Crippen molar-refractivity contribution in [3.8, 4) is 0 Å². The Hall–Kier alpha value is -3.28. The number of carbonyl (C=O) groups is 2. The van der Waals surface area contributed by atoms with Crippen LogP contribution in [0, 0.1) is 11.3 Å². The summed E-state index contributed by atoms with van der Waals surface area (Å²) in [4.78, 5) is 34.8. The molecule has 0 radical (unpaired) electrons. The summed E-state index contributed by atoms with van der Waals surface area (Å²) >= 11 is 0. The molecule has 2 atom stereocenters. The maximum absolute atomic E-state index is 13.3. The minimum Gasteiger partial charge on any atom is -0.362 e. The summed E-state index contributed by atoms with van der Waals surface area (Å²) < 4.78 is 0. The van der Waals surface area contributed by atoms with Crippen LogP contribution in [0.1, 0.15) is 38.7 Å². The van der Waals surface area contributed by atoms with Crippen LogP contribution in [0.2, 0.25) is 0 Å². The highest BCUT2D eigenvalue weighted by Gasteiger charge is 2.45. The first-order valence-corrected chi connectivity index (χ1v) is 9.71. The van der Waals surface area contributed by atoms with Crippen molar-refractivity contribution in [3.63, 3.8) is 0 Å². The zero-order chi connectivity index (χ0) is 20.6. The maximum Gasteiger partial charge on any atom is 0.255 e. The van der Waals surface area contributed by atoms with Crippen molar-refractivity contribution in [2.45, 2.75) is 33.1 Å². The third-order valence-corrected chi connectivity index (χ3v) is 5.45. The minimum atomic E-state index is -0.418. The topological polar surface area (TPSA) is 84.0 Å². The normalized spacial score (nSPS) is 23.0. The molecule has 0 fully saturated rings. The summed E-state index contributed by atoms with van der Waals surface area (Å²) in [6.45, 7) is 5.99. The Morgan fingerprint density at radius 1 is 1.14 bits per heavy atom. The average molecular weight is 388 g/mol. The number of carbonyl (C=O) groups excluding carboxylic acids is 2. The third kappa shape index (κ3) is 3.70. The number of fused-ring (bicyclic) bond motifs is 1. The van der Waals surface area contributed by atoms with Crippen LogP contribution in [-0.2, 0) is 9.59 Å². The number of rotatable bonds is 3. The highest BCUT2D eigenvalue weighted by atomic mass is 16.2. The molecule has 148 valence electrons. The Morgan fingerprint density at radius 3 is 2.59 bits per heavy atom. The Bertz CT molecular complexity index is 1010. The number of ketones is 1. The van der Waals surface area contributed by atoms with Gasteiger partial charge in [-0.3, -0.25) is 14.6 Å². The predicted molar refractivity (Wildman–Crippen MR) is 111 cm³/mol. The smallest absolute Gasteiger partial charge is 0.255 e. The average Bonchev–Trinajstić information content (AvgIpc) is 2.67. The van der Waals surface area contributed by atoms with Crippen LogP contribution < -0.4 is 10.6 Å². The molecule has 29 heavy (non-hydrogen) atoms. The highest BCUT2D eigenvalue weighted by molar-refractivity contribution is 6.06. The van der Waals surface area contributed by atoms with Crippen LogP contribution >= 0.6 is 0 Å². The quantitative estimate of drug-likeness (QED) is 0.840. The molecule has 0 aromatic carbocycles. The molecule has 2 aromatic heterocycles. The number of allylic oxidation sites excluding steroid dienone is 3. The molecule has 2 N–H and O–H groups in total. The molecule has 6 heteroatoms. The summed E-state index contributed by atoms with van der Waals surface area (Å²) in [6, 6.07) is 9.10. The van der Waals surface area contributed by atoms with Gasteiger partial charge in [0.25, 0.3) is 5.91 Å². The van der Waals surface area contributed by atoms with E-state index < -0.39 is 5.92 Å². The third-order valence-electron chi connectivity index (χ3n) is 5.45. The molecule has 2 unspecified atom stereocenters. The molecular formula is C23H24N4O2. The van der Waals surface area contributed by atoms with Crippen molar-refractivity contribution in [2.75, 3.05) is 5.32 Å². The fourth-order valence-corrected chi connectivity index (χ4v) is 4.32. The Labute approximate surface area is 170 Å². The number of amides is 1. The van der Waals surface area contributed by atoms with Gasteiger partial charge in [-0.25, -0.2) is 4.98 Å². The first kappa shape index (κ1) is 19.1. The van der Waals surface area contributed by atoms with E-state index in [1.54, 1.807) is 30.7 Å². The van der Waals surface area contributed by atoms with Gasteiger partial charge in [-0.1, -0.05) is 26.0 Å². The van der Waals surface area contributed by atoms with Crippen molar-refractivity contribution in [3.05, 3.63) is 77.5 Å². The number of nitrogens with zero attached hydrogens (tertiary/aromatic N) is 2. The zero-order valence-corrected chi connectivity index (χ0v) is 16.8. The Kier molecular flexibility index (Phi) is 4.78. The second kappa shape index (κ2) is 7.28. The van der Waals surface area contributed by atoms with E-state index >= 15 is 0 Å². The van der Waals surface area contributed by atoms with Gasteiger partial charge in [0.1, 0.15) is 11.6 Å². The lowest BCUT2D eigenvalue weighted by atomic mass is 9.66. The van der Waals surface area contributed by atoms with Crippen molar-refractivity contribution in [2.24, 2.45) is 11.3 Å². The summed E-state index contributed by atoms with van der Waals surface area (Å²) in [5.41, 5.74) is 2.86. The molecule has 6 nitrogen and oxygen atoms in total. The van der Waals surface area contributed by atoms with E-state index in [4.69, 9.17) is 0 Å². The molecule has 1 amide bonds. The molecule has 2 aliphatic rings. The molecule has 0 saturated carbocycles.